The van der Waals surface area contributed by atoms with Gasteiger partial charge in [0.25, 0.3) is 0 Å². The van der Waals surface area contributed by atoms with E-state index in [9.17, 15) is 4.79 Å². The largest absolute Gasteiger partial charge is 0.289 e. The van der Waals surface area contributed by atoms with Gasteiger partial charge in [-0.05, 0) is 16.9 Å². The van der Waals surface area contributed by atoms with Gasteiger partial charge in [-0.3, -0.25) is 4.79 Å². The third kappa shape index (κ3) is 4.76. The van der Waals surface area contributed by atoms with Gasteiger partial charge < -0.3 is 0 Å². The van der Waals surface area contributed by atoms with Crippen LogP contribution in [-0.4, -0.2) is 10.5 Å². The van der Waals surface area contributed by atoms with Crippen LogP contribution in [-0.2, 0) is 0 Å². The second-order valence-electron chi connectivity index (χ2n) is 8.60. The summed E-state index contributed by atoms with van der Waals surface area (Å²) in [6.45, 7) is 13.5. The van der Waals surface area contributed by atoms with E-state index in [-0.39, 0.29) is 15.9 Å². The molecule has 2 rings (SSSR count). The number of hydrogen-bond donors (Lipinski definition) is 1. The molecule has 0 fully saturated rings. The van der Waals surface area contributed by atoms with Crippen molar-refractivity contribution >= 4 is 18.4 Å². The summed E-state index contributed by atoms with van der Waals surface area (Å²) in [5, 5.41) is 0. The van der Waals surface area contributed by atoms with Crippen LogP contribution in [0.1, 0.15) is 68.9 Å². The zero-order chi connectivity index (χ0) is 18.8. The molecule has 0 aliphatic rings. The number of rotatable bonds is 5. The lowest BCUT2D eigenvalue weighted by Crippen LogP contribution is -2.35. The molecule has 25 heavy (non-hydrogen) atoms. The van der Waals surface area contributed by atoms with Crippen molar-refractivity contribution in [3.05, 3.63) is 71.3 Å². The van der Waals surface area contributed by atoms with Crippen molar-refractivity contribution in [1.29, 1.82) is 0 Å². The molecule has 0 spiro atoms. The minimum atomic E-state index is -0.141. The number of carbonyl (C=O) groups excluding carboxylic acids is 1. The van der Waals surface area contributed by atoms with Gasteiger partial charge in [0.1, 0.15) is 0 Å². The highest BCUT2D eigenvalue weighted by Gasteiger charge is 2.37. The van der Waals surface area contributed by atoms with Gasteiger partial charge in [0.15, 0.2) is 5.78 Å². The number of ketones is 1. The first-order chi connectivity index (χ1) is 11.5. The Labute approximate surface area is 158 Å². The number of carbonyl (C=O) groups is 1. The average Bonchev–Trinajstić information content (AvgIpc) is 2.53. The van der Waals surface area contributed by atoms with E-state index >= 15 is 0 Å². The predicted molar refractivity (Wildman–Crippen MR) is 111 cm³/mol. The summed E-state index contributed by atoms with van der Waals surface area (Å²) >= 11 is 4.89. The first-order valence-electron chi connectivity index (χ1n) is 8.94. The van der Waals surface area contributed by atoms with Crippen LogP contribution < -0.4 is 0 Å². The summed E-state index contributed by atoms with van der Waals surface area (Å²) in [5.74, 6) is 0.824. The molecule has 0 bridgehead atoms. The first-order valence-corrected chi connectivity index (χ1v) is 9.38. The molecule has 134 valence electrons. The third-order valence-corrected chi connectivity index (χ3v) is 5.47. The zero-order valence-electron chi connectivity index (χ0n) is 16.2. The predicted octanol–water partition coefficient (Wildman–Crippen LogP) is 6.39. The quantitative estimate of drug-likeness (QED) is 0.486. The standard InChI is InChI=1S/C23H30OS/c1-16(22(2,3)4)20(23(5,6)25)17-12-14-19(15-13-17)21(24)18-10-8-7-9-11-18/h7-16,20,25H,1-6H3. The van der Waals surface area contributed by atoms with Crippen molar-refractivity contribution < 1.29 is 4.79 Å². The molecule has 2 aromatic rings. The molecule has 0 heterocycles. The highest BCUT2D eigenvalue weighted by Crippen LogP contribution is 2.46. The molecule has 0 aliphatic carbocycles. The van der Waals surface area contributed by atoms with Crippen molar-refractivity contribution in [2.75, 3.05) is 0 Å². The Bertz CT molecular complexity index is 702. The molecule has 2 aromatic carbocycles. The average molecular weight is 355 g/mol. The Morgan fingerprint density at radius 1 is 0.840 bits per heavy atom. The summed E-state index contributed by atoms with van der Waals surface area (Å²) in [4.78, 5) is 12.6. The summed E-state index contributed by atoms with van der Waals surface area (Å²) in [6, 6.07) is 17.5. The Morgan fingerprint density at radius 3 is 1.76 bits per heavy atom. The zero-order valence-corrected chi connectivity index (χ0v) is 17.1. The lowest BCUT2D eigenvalue weighted by Gasteiger charge is -2.41. The van der Waals surface area contributed by atoms with Crippen LogP contribution in [0.5, 0.6) is 0 Å². The Balaban J connectivity index is 2.35. The van der Waals surface area contributed by atoms with Gasteiger partial charge in [0, 0.05) is 21.8 Å². The van der Waals surface area contributed by atoms with Crippen LogP contribution in [0.3, 0.4) is 0 Å². The number of hydrogen-bond acceptors (Lipinski definition) is 2. The molecular weight excluding hydrogens is 324 g/mol. The van der Waals surface area contributed by atoms with Gasteiger partial charge in [0.2, 0.25) is 0 Å². The lowest BCUT2D eigenvalue weighted by molar-refractivity contribution is 0.103. The van der Waals surface area contributed by atoms with Crippen molar-refractivity contribution in [3.63, 3.8) is 0 Å². The number of thiol groups is 1. The van der Waals surface area contributed by atoms with Crippen molar-refractivity contribution in [1.82, 2.24) is 0 Å². The normalized spacial score (nSPS) is 14.8. The maximum absolute atomic E-state index is 12.6. The van der Waals surface area contributed by atoms with Gasteiger partial charge in [-0.15, -0.1) is 0 Å². The first kappa shape index (κ1) is 19.8. The Hall–Kier alpha value is -1.54. The van der Waals surface area contributed by atoms with Gasteiger partial charge in [-0.2, -0.15) is 12.6 Å². The van der Waals surface area contributed by atoms with Crippen LogP contribution in [0.15, 0.2) is 54.6 Å². The highest BCUT2D eigenvalue weighted by atomic mass is 32.1. The molecule has 0 saturated heterocycles. The minimum absolute atomic E-state index is 0.0673. The van der Waals surface area contributed by atoms with Gasteiger partial charge in [0.05, 0.1) is 0 Å². The fourth-order valence-electron chi connectivity index (χ4n) is 3.41. The molecule has 0 saturated carbocycles. The van der Waals surface area contributed by atoms with E-state index in [0.717, 1.165) is 11.1 Å². The molecule has 0 amide bonds. The monoisotopic (exact) mass is 354 g/mol. The van der Waals surface area contributed by atoms with Gasteiger partial charge in [-0.25, -0.2) is 0 Å². The lowest BCUT2D eigenvalue weighted by atomic mass is 9.67. The molecule has 0 aliphatic heterocycles. The third-order valence-electron chi connectivity index (χ3n) is 5.20. The molecule has 0 aromatic heterocycles. The van der Waals surface area contributed by atoms with E-state index in [1.165, 1.54) is 5.56 Å². The van der Waals surface area contributed by atoms with E-state index < -0.39 is 0 Å². The van der Waals surface area contributed by atoms with Crippen LogP contribution in [0, 0.1) is 11.3 Å². The van der Waals surface area contributed by atoms with E-state index in [2.05, 4.69) is 53.7 Å². The topological polar surface area (TPSA) is 17.1 Å². The SMILES string of the molecule is CC(C(c1ccc(C(=O)c2ccccc2)cc1)C(C)(C)S)C(C)(C)C. The maximum atomic E-state index is 12.6. The maximum Gasteiger partial charge on any atom is 0.193 e. The summed E-state index contributed by atoms with van der Waals surface area (Å²) in [6.07, 6.45) is 0. The summed E-state index contributed by atoms with van der Waals surface area (Å²) in [5.41, 5.74) is 2.88. The molecule has 2 unspecified atom stereocenters. The van der Waals surface area contributed by atoms with E-state index in [1.807, 2.05) is 42.5 Å². The number of benzene rings is 2. The van der Waals surface area contributed by atoms with E-state index in [1.54, 1.807) is 0 Å². The fraction of sp³-hybridized carbons (Fsp3) is 0.435. The summed E-state index contributed by atoms with van der Waals surface area (Å²) in [7, 11) is 0. The Morgan fingerprint density at radius 2 is 1.32 bits per heavy atom. The van der Waals surface area contributed by atoms with Crippen LogP contribution in [0.2, 0.25) is 0 Å². The van der Waals surface area contributed by atoms with Crippen molar-refractivity contribution in [2.45, 2.75) is 52.2 Å². The second-order valence-corrected chi connectivity index (χ2v) is 9.76. The van der Waals surface area contributed by atoms with Crippen LogP contribution in [0.4, 0.5) is 0 Å². The van der Waals surface area contributed by atoms with Gasteiger partial charge >= 0.3 is 0 Å². The molecule has 1 nitrogen and oxygen atoms in total. The molecule has 0 radical (unpaired) electrons. The Kier molecular flexibility index (Phi) is 5.83. The van der Waals surface area contributed by atoms with Crippen LogP contribution in [0.25, 0.3) is 0 Å². The highest BCUT2D eigenvalue weighted by molar-refractivity contribution is 7.81. The smallest absolute Gasteiger partial charge is 0.193 e. The molecule has 2 atom stereocenters. The van der Waals surface area contributed by atoms with Crippen molar-refractivity contribution in [2.24, 2.45) is 11.3 Å². The van der Waals surface area contributed by atoms with Gasteiger partial charge in [-0.1, -0.05) is 96.1 Å². The molecule has 2 heteroatoms. The van der Waals surface area contributed by atoms with Crippen LogP contribution >= 0.6 is 12.6 Å². The fourth-order valence-corrected chi connectivity index (χ4v) is 3.78. The van der Waals surface area contributed by atoms with E-state index in [4.69, 9.17) is 12.6 Å². The van der Waals surface area contributed by atoms with Crippen molar-refractivity contribution in [3.8, 4) is 0 Å². The summed E-state index contributed by atoms with van der Waals surface area (Å²) < 4.78 is -0.141. The van der Waals surface area contributed by atoms with E-state index in [0.29, 0.717) is 11.8 Å². The second kappa shape index (κ2) is 7.37. The molecular formula is C23H30OS. The molecule has 0 N–H and O–H groups in total. The minimum Gasteiger partial charge on any atom is -0.289 e.